The highest BCUT2D eigenvalue weighted by atomic mass is 35.5. The first kappa shape index (κ1) is 18.8. The fourth-order valence-electron chi connectivity index (χ4n) is 5.91. The molecule has 0 saturated heterocycles. The average Bonchev–Trinajstić information content (AvgIpc) is 2.55. The number of carbonyl (C=O) groups is 2. The molecular weight excluding hydrogens is 383 g/mol. The molecule has 1 aromatic rings. The van der Waals surface area contributed by atoms with Crippen molar-refractivity contribution >= 4 is 41.1 Å². The van der Waals surface area contributed by atoms with Crippen LogP contribution in [0.4, 0.5) is 0 Å². The Kier molecular flexibility index (Phi) is 5.21. The average molecular weight is 407 g/mol. The third-order valence-electron chi connectivity index (χ3n) is 6.34. The van der Waals surface area contributed by atoms with Gasteiger partial charge in [0.05, 0.1) is 0 Å². The van der Waals surface area contributed by atoms with E-state index in [-0.39, 0.29) is 17.2 Å². The van der Waals surface area contributed by atoms with E-state index in [1.807, 2.05) is 0 Å². The van der Waals surface area contributed by atoms with Gasteiger partial charge < -0.3 is 0 Å². The Labute approximate surface area is 169 Å². The van der Waals surface area contributed by atoms with Crippen LogP contribution in [0.5, 0.6) is 0 Å². The van der Waals surface area contributed by atoms with Crippen LogP contribution in [0, 0.1) is 23.2 Å². The summed E-state index contributed by atoms with van der Waals surface area (Å²) in [5.74, 6) is 1.96. The van der Waals surface area contributed by atoms with E-state index in [1.165, 1.54) is 44.6 Å². The van der Waals surface area contributed by atoms with Gasteiger partial charge in [-0.2, -0.15) is 0 Å². The predicted octanol–water partition coefficient (Wildman–Crippen LogP) is 4.76. The van der Waals surface area contributed by atoms with Crippen molar-refractivity contribution in [3.63, 3.8) is 0 Å². The lowest BCUT2D eigenvalue weighted by atomic mass is 9.49. The first-order chi connectivity index (χ1) is 12.9. The molecule has 0 unspecified atom stereocenters. The summed E-state index contributed by atoms with van der Waals surface area (Å²) in [6, 6.07) is 5.05. The second-order valence-electron chi connectivity index (χ2n) is 8.67. The van der Waals surface area contributed by atoms with Gasteiger partial charge in [-0.05, 0) is 91.5 Å². The van der Waals surface area contributed by atoms with Gasteiger partial charge in [0.1, 0.15) is 0 Å². The molecule has 0 radical (unpaired) electrons. The van der Waals surface area contributed by atoms with Gasteiger partial charge in [0.25, 0.3) is 5.91 Å². The Hall–Kier alpha value is -1.52. The summed E-state index contributed by atoms with van der Waals surface area (Å²) < 4.78 is 0. The summed E-state index contributed by atoms with van der Waals surface area (Å²) in [6.07, 6.45) is 11.1. The molecule has 0 aromatic heterocycles. The van der Waals surface area contributed by atoms with Crippen LogP contribution >= 0.6 is 23.2 Å². The van der Waals surface area contributed by atoms with E-state index in [1.54, 1.807) is 24.3 Å². The maximum atomic E-state index is 12.4. The number of halogens is 2. The smallest absolute Gasteiger partial charge is 0.262 e. The molecule has 4 aliphatic carbocycles. The van der Waals surface area contributed by atoms with E-state index in [4.69, 9.17) is 23.2 Å². The van der Waals surface area contributed by atoms with Gasteiger partial charge in [-0.15, -0.1) is 0 Å². The molecule has 4 nitrogen and oxygen atoms in total. The Morgan fingerprint density at radius 1 is 0.963 bits per heavy atom. The Balaban J connectivity index is 1.28. The van der Waals surface area contributed by atoms with Crippen molar-refractivity contribution in [3.8, 4) is 0 Å². The molecule has 4 aliphatic rings. The first-order valence-electron chi connectivity index (χ1n) is 9.62. The molecule has 0 heterocycles. The van der Waals surface area contributed by atoms with Crippen LogP contribution in [0.1, 0.15) is 50.5 Å². The highest BCUT2D eigenvalue weighted by Crippen LogP contribution is 2.61. The molecule has 2 N–H and O–H groups in total. The summed E-state index contributed by atoms with van der Waals surface area (Å²) in [5.41, 5.74) is 5.94. The second-order valence-corrected chi connectivity index (χ2v) is 9.54. The Morgan fingerprint density at radius 2 is 1.52 bits per heavy atom. The van der Waals surface area contributed by atoms with E-state index in [0.29, 0.717) is 16.5 Å². The second kappa shape index (κ2) is 7.48. The van der Waals surface area contributed by atoms with Crippen LogP contribution in [-0.4, -0.2) is 11.8 Å². The van der Waals surface area contributed by atoms with Crippen LogP contribution in [0.2, 0.25) is 10.0 Å². The number of carbonyl (C=O) groups excluding carboxylic acids is 2. The van der Waals surface area contributed by atoms with Gasteiger partial charge in [-0.25, -0.2) is 0 Å². The Bertz CT molecular complexity index is 735. The van der Waals surface area contributed by atoms with Gasteiger partial charge >= 0.3 is 0 Å². The number of hydrogen-bond donors (Lipinski definition) is 2. The topological polar surface area (TPSA) is 58.2 Å². The minimum absolute atomic E-state index is 0.0931. The van der Waals surface area contributed by atoms with Crippen LogP contribution in [0.25, 0.3) is 6.08 Å². The molecule has 4 bridgehead atoms. The van der Waals surface area contributed by atoms with Crippen molar-refractivity contribution in [2.24, 2.45) is 23.2 Å². The normalized spacial score (nSPS) is 31.3. The summed E-state index contributed by atoms with van der Waals surface area (Å²) in [4.78, 5) is 24.4. The maximum Gasteiger partial charge on any atom is 0.262 e. The molecule has 0 atom stereocenters. The van der Waals surface area contributed by atoms with Crippen molar-refractivity contribution < 1.29 is 9.59 Å². The third kappa shape index (κ3) is 4.49. The molecule has 4 fully saturated rings. The Morgan fingerprint density at radius 3 is 2.07 bits per heavy atom. The number of benzene rings is 1. The molecule has 144 valence electrons. The van der Waals surface area contributed by atoms with Crippen molar-refractivity contribution in [3.05, 3.63) is 39.9 Å². The number of hydrazine groups is 1. The van der Waals surface area contributed by atoms with Gasteiger partial charge in [0.15, 0.2) is 0 Å². The van der Waals surface area contributed by atoms with Crippen molar-refractivity contribution in [1.29, 1.82) is 0 Å². The minimum atomic E-state index is -0.384. The third-order valence-corrected chi connectivity index (χ3v) is 6.77. The number of amides is 2. The first-order valence-corrected chi connectivity index (χ1v) is 10.4. The zero-order chi connectivity index (χ0) is 19.0. The largest absolute Gasteiger partial charge is 0.273 e. The summed E-state index contributed by atoms with van der Waals surface area (Å²) in [7, 11) is 0. The van der Waals surface area contributed by atoms with E-state index in [9.17, 15) is 9.59 Å². The van der Waals surface area contributed by atoms with Gasteiger partial charge in [0.2, 0.25) is 5.91 Å². The lowest BCUT2D eigenvalue weighted by Gasteiger charge is -2.56. The standard InChI is InChI=1S/C21H24Cl2N2O2/c22-17-6-13(7-18(23)8-17)1-2-19(26)24-25-20(27)12-21-9-14-3-15(10-21)5-16(4-14)11-21/h1-2,6-8,14-16H,3-5,9-12H2,(H,24,26)(H,25,27). The lowest BCUT2D eigenvalue weighted by molar-refractivity contribution is -0.133. The lowest BCUT2D eigenvalue weighted by Crippen LogP contribution is -2.49. The van der Waals surface area contributed by atoms with Crippen LogP contribution in [0.15, 0.2) is 24.3 Å². The van der Waals surface area contributed by atoms with Gasteiger partial charge in [-0.3, -0.25) is 20.4 Å². The fourth-order valence-corrected chi connectivity index (χ4v) is 6.45. The van der Waals surface area contributed by atoms with Crippen LogP contribution in [-0.2, 0) is 9.59 Å². The zero-order valence-corrected chi connectivity index (χ0v) is 16.7. The predicted molar refractivity (Wildman–Crippen MR) is 107 cm³/mol. The van der Waals surface area contributed by atoms with E-state index < -0.39 is 0 Å². The van der Waals surface area contributed by atoms with Gasteiger partial charge in [0, 0.05) is 22.5 Å². The van der Waals surface area contributed by atoms with Crippen molar-refractivity contribution in [2.45, 2.75) is 44.9 Å². The van der Waals surface area contributed by atoms with Crippen molar-refractivity contribution in [1.82, 2.24) is 10.9 Å². The van der Waals surface area contributed by atoms with Crippen LogP contribution < -0.4 is 10.9 Å². The molecule has 6 heteroatoms. The summed E-state index contributed by atoms with van der Waals surface area (Å²) in [5, 5.41) is 1.01. The molecule has 0 spiro atoms. The summed E-state index contributed by atoms with van der Waals surface area (Å²) in [6.45, 7) is 0. The minimum Gasteiger partial charge on any atom is -0.273 e. The number of nitrogens with one attached hydrogen (secondary N) is 2. The molecule has 4 saturated carbocycles. The molecule has 2 amide bonds. The highest BCUT2D eigenvalue weighted by molar-refractivity contribution is 6.34. The number of hydrogen-bond acceptors (Lipinski definition) is 2. The highest BCUT2D eigenvalue weighted by Gasteiger charge is 2.51. The summed E-state index contributed by atoms with van der Waals surface area (Å²) >= 11 is 11.9. The van der Waals surface area contributed by atoms with Gasteiger partial charge in [-0.1, -0.05) is 23.2 Å². The van der Waals surface area contributed by atoms with E-state index in [2.05, 4.69) is 10.9 Å². The quantitative estimate of drug-likeness (QED) is 0.559. The maximum absolute atomic E-state index is 12.4. The van der Waals surface area contributed by atoms with E-state index in [0.717, 1.165) is 23.3 Å². The monoisotopic (exact) mass is 406 g/mol. The van der Waals surface area contributed by atoms with Crippen molar-refractivity contribution in [2.75, 3.05) is 0 Å². The SMILES string of the molecule is O=C(C=Cc1cc(Cl)cc(Cl)c1)NNC(=O)CC12CC3CC(CC(C3)C1)C2. The molecule has 1 aromatic carbocycles. The number of rotatable bonds is 4. The van der Waals surface area contributed by atoms with E-state index >= 15 is 0 Å². The zero-order valence-electron chi connectivity index (χ0n) is 15.1. The molecule has 5 rings (SSSR count). The fraction of sp³-hybridized carbons (Fsp3) is 0.524. The van der Waals surface area contributed by atoms with Crippen LogP contribution in [0.3, 0.4) is 0 Å². The molecular formula is C21H24Cl2N2O2. The molecule has 0 aliphatic heterocycles. The molecule has 27 heavy (non-hydrogen) atoms.